The zero-order chi connectivity index (χ0) is 18.8. The van der Waals surface area contributed by atoms with Gasteiger partial charge in [-0.3, -0.25) is 10.1 Å². The van der Waals surface area contributed by atoms with E-state index in [0.29, 0.717) is 37.1 Å². The minimum Gasteiger partial charge on any atom is -0.379 e. The van der Waals surface area contributed by atoms with Gasteiger partial charge in [-0.05, 0) is 38.4 Å². The molecule has 0 fully saturated rings. The van der Waals surface area contributed by atoms with Crippen LogP contribution in [-0.4, -0.2) is 31.2 Å². The molecule has 0 radical (unpaired) electrons. The van der Waals surface area contributed by atoms with Gasteiger partial charge in [-0.2, -0.15) is 0 Å². The van der Waals surface area contributed by atoms with Crippen molar-refractivity contribution in [1.82, 2.24) is 5.32 Å². The Hall–Kier alpha value is -2.44. The maximum Gasteiger partial charge on any atom is 0.295 e. The first-order chi connectivity index (χ1) is 12.6. The molecule has 1 atom stereocenters. The van der Waals surface area contributed by atoms with Gasteiger partial charge in [0.15, 0.2) is 0 Å². The number of ether oxygens (including phenoxy) is 1. The van der Waals surface area contributed by atoms with Crippen molar-refractivity contribution in [2.45, 2.75) is 32.4 Å². The maximum atomic E-state index is 11.2. The summed E-state index contributed by atoms with van der Waals surface area (Å²) in [7, 11) is 1.93. The van der Waals surface area contributed by atoms with Crippen LogP contribution in [0.4, 0.5) is 11.4 Å². The van der Waals surface area contributed by atoms with Crippen LogP contribution in [0.2, 0.25) is 0 Å². The topological polar surface area (TPSA) is 76.4 Å². The third kappa shape index (κ3) is 6.13. The summed E-state index contributed by atoms with van der Waals surface area (Å²) >= 11 is 0. The van der Waals surface area contributed by atoms with Crippen molar-refractivity contribution in [1.29, 1.82) is 0 Å². The molecule has 2 aromatic carbocycles. The second kappa shape index (κ2) is 10.5. The Morgan fingerprint density at radius 2 is 1.88 bits per heavy atom. The number of benzene rings is 2. The molecule has 0 amide bonds. The number of hydrogen-bond donors (Lipinski definition) is 2. The highest BCUT2D eigenvalue weighted by Crippen LogP contribution is 2.27. The number of rotatable bonds is 11. The number of anilines is 1. The van der Waals surface area contributed by atoms with E-state index in [1.165, 1.54) is 5.56 Å². The van der Waals surface area contributed by atoms with Crippen molar-refractivity contribution in [2.75, 3.05) is 25.5 Å². The first-order valence-corrected chi connectivity index (χ1v) is 8.88. The third-order valence-corrected chi connectivity index (χ3v) is 4.36. The van der Waals surface area contributed by atoms with Crippen LogP contribution in [0.3, 0.4) is 0 Å². The molecular formula is C20H27N3O3. The van der Waals surface area contributed by atoms with Gasteiger partial charge < -0.3 is 15.4 Å². The zero-order valence-corrected chi connectivity index (χ0v) is 15.4. The monoisotopic (exact) mass is 357 g/mol. The highest BCUT2D eigenvalue weighted by atomic mass is 16.6. The van der Waals surface area contributed by atoms with Crippen LogP contribution in [0.25, 0.3) is 0 Å². The fourth-order valence-electron chi connectivity index (χ4n) is 2.85. The van der Waals surface area contributed by atoms with Crippen LogP contribution in [0.15, 0.2) is 48.5 Å². The molecule has 0 aliphatic rings. The number of aryl methyl sites for hydroxylation is 1. The highest BCUT2D eigenvalue weighted by molar-refractivity contribution is 5.64. The second-order valence-electron chi connectivity index (χ2n) is 6.26. The predicted molar refractivity (Wildman–Crippen MR) is 105 cm³/mol. The standard InChI is InChI=1S/C20H27N3O3/c1-16-7-6-10-19(20(16)23(24)25)22-13-11-18(21-2)12-14-26-15-17-8-4-3-5-9-17/h3-10,18,21-22H,11-15H2,1-2H3. The molecule has 0 spiro atoms. The summed E-state index contributed by atoms with van der Waals surface area (Å²) in [4.78, 5) is 10.9. The largest absolute Gasteiger partial charge is 0.379 e. The first kappa shape index (κ1) is 19.9. The van der Waals surface area contributed by atoms with Gasteiger partial charge in [0, 0.05) is 24.8 Å². The fraction of sp³-hybridized carbons (Fsp3) is 0.400. The van der Waals surface area contributed by atoms with Crippen molar-refractivity contribution in [3.63, 3.8) is 0 Å². The van der Waals surface area contributed by atoms with Crippen LogP contribution < -0.4 is 10.6 Å². The Kier molecular flexibility index (Phi) is 8.05. The summed E-state index contributed by atoms with van der Waals surface area (Å²) in [5, 5.41) is 17.7. The van der Waals surface area contributed by atoms with Gasteiger partial charge in [-0.25, -0.2) is 0 Å². The number of nitro groups is 1. The predicted octanol–water partition coefficient (Wildman–Crippen LogP) is 3.90. The Labute approximate surface area is 154 Å². The van der Waals surface area contributed by atoms with Crippen LogP contribution in [0.5, 0.6) is 0 Å². The summed E-state index contributed by atoms with van der Waals surface area (Å²) in [6.07, 6.45) is 1.75. The van der Waals surface area contributed by atoms with Gasteiger partial charge in [-0.15, -0.1) is 0 Å². The van der Waals surface area contributed by atoms with E-state index in [-0.39, 0.29) is 10.6 Å². The molecule has 0 aliphatic carbocycles. The van der Waals surface area contributed by atoms with Gasteiger partial charge in [-0.1, -0.05) is 42.5 Å². The molecule has 0 bridgehead atoms. The Morgan fingerprint density at radius 3 is 2.58 bits per heavy atom. The third-order valence-electron chi connectivity index (χ3n) is 4.36. The van der Waals surface area contributed by atoms with E-state index < -0.39 is 0 Å². The Morgan fingerprint density at radius 1 is 1.12 bits per heavy atom. The molecule has 140 valence electrons. The minimum absolute atomic E-state index is 0.153. The van der Waals surface area contributed by atoms with Gasteiger partial charge in [0.25, 0.3) is 5.69 Å². The molecule has 0 aromatic heterocycles. The van der Waals surface area contributed by atoms with Crippen LogP contribution in [0, 0.1) is 17.0 Å². The van der Waals surface area contributed by atoms with E-state index in [4.69, 9.17) is 4.74 Å². The van der Waals surface area contributed by atoms with E-state index in [1.807, 2.05) is 43.4 Å². The maximum absolute atomic E-state index is 11.2. The molecule has 6 heteroatoms. The van der Waals surface area contributed by atoms with E-state index in [9.17, 15) is 10.1 Å². The molecule has 6 nitrogen and oxygen atoms in total. The molecule has 0 aliphatic heterocycles. The SMILES string of the molecule is CNC(CCNc1cccc(C)c1[N+](=O)[O-])CCOCc1ccccc1. The summed E-state index contributed by atoms with van der Waals surface area (Å²) in [5.74, 6) is 0. The molecule has 26 heavy (non-hydrogen) atoms. The number of hydrogen-bond acceptors (Lipinski definition) is 5. The normalized spacial score (nSPS) is 11.9. The molecule has 0 heterocycles. The lowest BCUT2D eigenvalue weighted by molar-refractivity contribution is -0.384. The smallest absolute Gasteiger partial charge is 0.295 e. The Bertz CT molecular complexity index is 692. The average molecular weight is 357 g/mol. The molecule has 0 saturated heterocycles. The van der Waals surface area contributed by atoms with E-state index >= 15 is 0 Å². The van der Waals surface area contributed by atoms with Crippen LogP contribution >= 0.6 is 0 Å². The molecule has 0 saturated carbocycles. The summed E-state index contributed by atoms with van der Waals surface area (Å²) in [6.45, 7) is 3.70. The lowest BCUT2D eigenvalue weighted by Crippen LogP contribution is -2.29. The molecule has 1 unspecified atom stereocenters. The van der Waals surface area contributed by atoms with Crippen molar-refractivity contribution in [3.8, 4) is 0 Å². The molecular weight excluding hydrogens is 330 g/mol. The van der Waals surface area contributed by atoms with Crippen molar-refractivity contribution >= 4 is 11.4 Å². The summed E-state index contributed by atoms with van der Waals surface area (Å²) in [5.41, 5.74) is 2.56. The number of nitro benzene ring substituents is 1. The van der Waals surface area contributed by atoms with E-state index in [2.05, 4.69) is 10.6 Å². The van der Waals surface area contributed by atoms with Crippen LogP contribution in [-0.2, 0) is 11.3 Å². The van der Waals surface area contributed by atoms with Gasteiger partial charge >= 0.3 is 0 Å². The quantitative estimate of drug-likeness (QED) is 0.362. The summed E-state index contributed by atoms with van der Waals surface area (Å²) < 4.78 is 5.73. The number of nitrogens with one attached hydrogen (secondary N) is 2. The molecule has 2 rings (SSSR count). The fourth-order valence-corrected chi connectivity index (χ4v) is 2.85. The van der Waals surface area contributed by atoms with Gasteiger partial charge in [0.2, 0.25) is 0 Å². The zero-order valence-electron chi connectivity index (χ0n) is 15.4. The van der Waals surface area contributed by atoms with Crippen molar-refractivity contribution < 1.29 is 9.66 Å². The number of nitrogens with zero attached hydrogens (tertiary/aromatic N) is 1. The highest BCUT2D eigenvalue weighted by Gasteiger charge is 2.16. The summed E-state index contributed by atoms with van der Waals surface area (Å²) in [6, 6.07) is 15.7. The van der Waals surface area contributed by atoms with Crippen molar-refractivity contribution in [2.24, 2.45) is 0 Å². The second-order valence-corrected chi connectivity index (χ2v) is 6.26. The van der Waals surface area contributed by atoms with E-state index in [1.54, 1.807) is 19.1 Å². The average Bonchev–Trinajstić information content (AvgIpc) is 2.64. The van der Waals surface area contributed by atoms with Gasteiger partial charge in [0.1, 0.15) is 5.69 Å². The Balaban J connectivity index is 1.73. The number of para-hydroxylation sites is 1. The molecule has 2 aromatic rings. The first-order valence-electron chi connectivity index (χ1n) is 8.88. The van der Waals surface area contributed by atoms with Crippen molar-refractivity contribution in [3.05, 3.63) is 69.8 Å². The molecule has 2 N–H and O–H groups in total. The minimum atomic E-state index is -0.329. The lowest BCUT2D eigenvalue weighted by Gasteiger charge is -2.17. The lowest BCUT2D eigenvalue weighted by atomic mass is 10.1. The van der Waals surface area contributed by atoms with E-state index in [0.717, 1.165) is 12.8 Å². The van der Waals surface area contributed by atoms with Gasteiger partial charge in [0.05, 0.1) is 11.5 Å². The van der Waals surface area contributed by atoms with Crippen LogP contribution in [0.1, 0.15) is 24.0 Å².